The first kappa shape index (κ1) is 16.2. The summed E-state index contributed by atoms with van der Waals surface area (Å²) in [6.07, 6.45) is 4.56. The highest BCUT2D eigenvalue weighted by molar-refractivity contribution is 5.81. The van der Waals surface area contributed by atoms with E-state index in [1.165, 1.54) is 42.4 Å². The zero-order chi connectivity index (χ0) is 17.1. The van der Waals surface area contributed by atoms with Crippen LogP contribution < -0.4 is 5.32 Å². The molecule has 0 amide bonds. The molecule has 4 nitrogen and oxygen atoms in total. The van der Waals surface area contributed by atoms with Crippen LogP contribution in [0, 0.1) is 5.92 Å². The standard InChI is InChI=1S/C21H26N4/c1-16-9-11-25(12-10-16)15-17-5-7-19(8-6-17)22-13-18-3-2-4-21-20(18)14-23-24-21/h2-8,14,16,22H,9-13,15H2,1H3,(H,23,24). The van der Waals surface area contributed by atoms with E-state index in [9.17, 15) is 0 Å². The molecule has 0 unspecified atom stereocenters. The van der Waals surface area contributed by atoms with Gasteiger partial charge in [0.05, 0.1) is 11.7 Å². The molecule has 1 aliphatic rings. The van der Waals surface area contributed by atoms with E-state index < -0.39 is 0 Å². The monoisotopic (exact) mass is 334 g/mol. The van der Waals surface area contributed by atoms with Crippen LogP contribution in [0.1, 0.15) is 30.9 Å². The molecular formula is C21H26N4. The Morgan fingerprint density at radius 1 is 1.12 bits per heavy atom. The number of H-pyrrole nitrogens is 1. The Morgan fingerprint density at radius 3 is 2.72 bits per heavy atom. The molecule has 25 heavy (non-hydrogen) atoms. The minimum atomic E-state index is 0.806. The summed E-state index contributed by atoms with van der Waals surface area (Å²) in [6, 6.07) is 15.2. The fourth-order valence-electron chi connectivity index (χ4n) is 3.59. The van der Waals surface area contributed by atoms with Crippen LogP contribution in [0.2, 0.25) is 0 Å². The topological polar surface area (TPSA) is 44.0 Å². The summed E-state index contributed by atoms with van der Waals surface area (Å²) in [5.41, 5.74) is 4.91. The molecule has 0 spiro atoms. The van der Waals surface area contributed by atoms with E-state index in [1.54, 1.807) is 0 Å². The molecule has 2 heterocycles. The van der Waals surface area contributed by atoms with Crippen LogP contribution in [-0.2, 0) is 13.1 Å². The predicted molar refractivity (Wildman–Crippen MR) is 104 cm³/mol. The van der Waals surface area contributed by atoms with E-state index in [0.717, 1.165) is 30.2 Å². The number of nitrogens with zero attached hydrogens (tertiary/aromatic N) is 2. The van der Waals surface area contributed by atoms with E-state index >= 15 is 0 Å². The van der Waals surface area contributed by atoms with Gasteiger partial charge in [0.1, 0.15) is 0 Å². The highest BCUT2D eigenvalue weighted by Crippen LogP contribution is 2.20. The first-order valence-electron chi connectivity index (χ1n) is 9.24. The van der Waals surface area contributed by atoms with Gasteiger partial charge in [-0.25, -0.2) is 0 Å². The number of rotatable bonds is 5. The van der Waals surface area contributed by atoms with Crippen LogP contribution in [-0.4, -0.2) is 28.2 Å². The Morgan fingerprint density at radius 2 is 1.92 bits per heavy atom. The molecule has 0 saturated carbocycles. The van der Waals surface area contributed by atoms with Crippen LogP contribution in [0.3, 0.4) is 0 Å². The van der Waals surface area contributed by atoms with Gasteiger partial charge in [0.25, 0.3) is 0 Å². The SMILES string of the molecule is CC1CCN(Cc2ccc(NCc3cccc4[nH]ncc34)cc2)CC1. The fourth-order valence-corrected chi connectivity index (χ4v) is 3.59. The normalized spacial score (nSPS) is 16.4. The van der Waals surface area contributed by atoms with Crippen molar-refractivity contribution in [3.8, 4) is 0 Å². The summed E-state index contributed by atoms with van der Waals surface area (Å²) in [5.74, 6) is 0.891. The number of anilines is 1. The molecule has 0 atom stereocenters. The second kappa shape index (κ2) is 7.28. The van der Waals surface area contributed by atoms with E-state index in [1.807, 2.05) is 6.20 Å². The third kappa shape index (κ3) is 3.85. The van der Waals surface area contributed by atoms with E-state index in [2.05, 4.69) is 69.8 Å². The van der Waals surface area contributed by atoms with Gasteiger partial charge in [-0.15, -0.1) is 0 Å². The van der Waals surface area contributed by atoms with Gasteiger partial charge in [-0.1, -0.05) is 31.2 Å². The summed E-state index contributed by atoms with van der Waals surface area (Å²) < 4.78 is 0. The maximum atomic E-state index is 4.13. The highest BCUT2D eigenvalue weighted by atomic mass is 15.1. The van der Waals surface area contributed by atoms with Gasteiger partial charge >= 0.3 is 0 Å². The van der Waals surface area contributed by atoms with Gasteiger partial charge in [0, 0.05) is 24.2 Å². The lowest BCUT2D eigenvalue weighted by Gasteiger charge is -2.30. The van der Waals surface area contributed by atoms with E-state index in [4.69, 9.17) is 0 Å². The van der Waals surface area contributed by atoms with Crippen LogP contribution >= 0.6 is 0 Å². The van der Waals surface area contributed by atoms with Crippen LogP contribution in [0.4, 0.5) is 5.69 Å². The molecule has 1 fully saturated rings. The Balaban J connectivity index is 1.35. The average Bonchev–Trinajstić information content (AvgIpc) is 3.12. The Hall–Kier alpha value is -2.33. The molecule has 2 N–H and O–H groups in total. The van der Waals surface area contributed by atoms with Crippen molar-refractivity contribution < 1.29 is 0 Å². The fraction of sp³-hybridized carbons (Fsp3) is 0.381. The predicted octanol–water partition coefficient (Wildman–Crippen LogP) is 4.41. The van der Waals surface area contributed by atoms with Crippen LogP contribution in [0.15, 0.2) is 48.7 Å². The minimum absolute atomic E-state index is 0.806. The lowest BCUT2D eigenvalue weighted by molar-refractivity contribution is 0.185. The molecular weight excluding hydrogens is 308 g/mol. The number of aromatic nitrogens is 2. The minimum Gasteiger partial charge on any atom is -0.381 e. The zero-order valence-electron chi connectivity index (χ0n) is 14.8. The van der Waals surface area contributed by atoms with Crippen molar-refractivity contribution in [2.24, 2.45) is 5.92 Å². The second-order valence-corrected chi connectivity index (χ2v) is 7.26. The maximum absolute atomic E-state index is 4.13. The molecule has 4 heteroatoms. The number of hydrogen-bond donors (Lipinski definition) is 2. The summed E-state index contributed by atoms with van der Waals surface area (Å²) in [4.78, 5) is 2.57. The number of benzene rings is 2. The molecule has 1 aromatic heterocycles. The van der Waals surface area contributed by atoms with E-state index in [-0.39, 0.29) is 0 Å². The second-order valence-electron chi connectivity index (χ2n) is 7.26. The smallest absolute Gasteiger partial charge is 0.0653 e. The molecule has 0 aliphatic carbocycles. The molecule has 1 aliphatic heterocycles. The summed E-state index contributed by atoms with van der Waals surface area (Å²) >= 11 is 0. The molecule has 3 aromatic rings. The van der Waals surface area contributed by atoms with Crippen molar-refractivity contribution >= 4 is 16.6 Å². The van der Waals surface area contributed by atoms with Gasteiger partial charge in [0.2, 0.25) is 0 Å². The summed E-state index contributed by atoms with van der Waals surface area (Å²) in [5, 5.41) is 11.9. The lowest BCUT2D eigenvalue weighted by Crippen LogP contribution is -2.32. The number of hydrogen-bond acceptors (Lipinski definition) is 3. The average molecular weight is 334 g/mol. The maximum Gasteiger partial charge on any atom is 0.0653 e. The van der Waals surface area contributed by atoms with E-state index in [0.29, 0.717) is 0 Å². The van der Waals surface area contributed by atoms with Crippen molar-refractivity contribution in [1.29, 1.82) is 0 Å². The summed E-state index contributed by atoms with van der Waals surface area (Å²) in [6.45, 7) is 6.70. The van der Waals surface area contributed by atoms with Crippen molar-refractivity contribution in [1.82, 2.24) is 15.1 Å². The number of likely N-dealkylation sites (tertiary alicyclic amines) is 1. The Kier molecular flexibility index (Phi) is 4.70. The molecule has 130 valence electrons. The van der Waals surface area contributed by atoms with Gasteiger partial charge in [-0.3, -0.25) is 10.00 Å². The van der Waals surface area contributed by atoms with Gasteiger partial charge < -0.3 is 5.32 Å². The Bertz CT molecular complexity index is 813. The van der Waals surface area contributed by atoms with Crippen molar-refractivity contribution in [3.63, 3.8) is 0 Å². The first-order valence-corrected chi connectivity index (χ1v) is 9.24. The molecule has 1 saturated heterocycles. The largest absolute Gasteiger partial charge is 0.381 e. The Labute approximate surface area is 149 Å². The highest BCUT2D eigenvalue weighted by Gasteiger charge is 2.15. The van der Waals surface area contributed by atoms with Crippen LogP contribution in [0.5, 0.6) is 0 Å². The van der Waals surface area contributed by atoms with Crippen LogP contribution in [0.25, 0.3) is 10.9 Å². The summed E-state index contributed by atoms with van der Waals surface area (Å²) in [7, 11) is 0. The molecule has 2 aromatic carbocycles. The first-order chi connectivity index (χ1) is 12.3. The number of aromatic amines is 1. The van der Waals surface area contributed by atoms with Gasteiger partial charge in [0.15, 0.2) is 0 Å². The van der Waals surface area contributed by atoms with Crippen molar-refractivity contribution in [3.05, 3.63) is 59.8 Å². The zero-order valence-corrected chi connectivity index (χ0v) is 14.8. The van der Waals surface area contributed by atoms with Gasteiger partial charge in [-0.2, -0.15) is 5.10 Å². The van der Waals surface area contributed by atoms with Gasteiger partial charge in [-0.05, 0) is 61.2 Å². The lowest BCUT2D eigenvalue weighted by atomic mass is 9.99. The number of nitrogens with one attached hydrogen (secondary N) is 2. The number of piperidine rings is 1. The molecule has 0 bridgehead atoms. The molecule has 4 rings (SSSR count). The van der Waals surface area contributed by atoms with Crippen molar-refractivity contribution in [2.45, 2.75) is 32.9 Å². The third-order valence-electron chi connectivity index (χ3n) is 5.29. The third-order valence-corrected chi connectivity index (χ3v) is 5.29. The quantitative estimate of drug-likeness (QED) is 0.726. The number of fused-ring (bicyclic) bond motifs is 1. The molecule has 0 radical (unpaired) electrons. The van der Waals surface area contributed by atoms with Crippen molar-refractivity contribution in [2.75, 3.05) is 18.4 Å².